The van der Waals surface area contributed by atoms with Crippen LogP contribution >= 0.6 is 0 Å². The van der Waals surface area contributed by atoms with Crippen molar-refractivity contribution >= 4 is 5.69 Å². The van der Waals surface area contributed by atoms with Crippen molar-refractivity contribution in [3.63, 3.8) is 0 Å². The van der Waals surface area contributed by atoms with Crippen molar-refractivity contribution in [3.8, 4) is 6.07 Å². The highest BCUT2D eigenvalue weighted by molar-refractivity contribution is 5.56. The fourth-order valence-electron chi connectivity index (χ4n) is 2.73. The summed E-state index contributed by atoms with van der Waals surface area (Å²) in [4.78, 5) is 0. The zero-order valence-corrected chi connectivity index (χ0v) is 10.7. The highest BCUT2D eigenvalue weighted by Crippen LogP contribution is 2.40. The summed E-state index contributed by atoms with van der Waals surface area (Å²) < 4.78 is 27.5. The molecule has 0 fully saturated rings. The summed E-state index contributed by atoms with van der Waals surface area (Å²) in [6, 6.07) is 13.1. The van der Waals surface area contributed by atoms with Crippen LogP contribution in [0.2, 0.25) is 0 Å². The number of benzene rings is 2. The molecule has 0 saturated carbocycles. The third kappa shape index (κ3) is 1.83. The van der Waals surface area contributed by atoms with Crippen LogP contribution in [0.5, 0.6) is 0 Å². The number of hydrogen-bond donors (Lipinski definition) is 1. The van der Waals surface area contributed by atoms with E-state index < -0.39 is 11.4 Å². The molecule has 100 valence electrons. The van der Waals surface area contributed by atoms with Crippen molar-refractivity contribution in [1.29, 1.82) is 5.26 Å². The van der Waals surface area contributed by atoms with E-state index in [0.29, 0.717) is 24.0 Å². The fraction of sp³-hybridized carbons (Fsp3) is 0.188. The summed E-state index contributed by atoms with van der Waals surface area (Å²) in [7, 11) is 0. The Morgan fingerprint density at radius 1 is 1.05 bits per heavy atom. The van der Waals surface area contributed by atoms with Gasteiger partial charge in [0.1, 0.15) is 11.6 Å². The molecule has 0 spiro atoms. The number of nitriles is 1. The second-order valence-corrected chi connectivity index (χ2v) is 4.89. The summed E-state index contributed by atoms with van der Waals surface area (Å²) >= 11 is 0. The SMILES string of the molecule is N#CC1(Nc2ccccc2F)CCc2c(F)cccc21. The Morgan fingerprint density at radius 2 is 1.80 bits per heavy atom. The van der Waals surface area contributed by atoms with Crippen molar-refractivity contribution in [2.45, 2.75) is 18.4 Å². The van der Waals surface area contributed by atoms with Gasteiger partial charge in [0.2, 0.25) is 0 Å². The predicted octanol–water partition coefficient (Wildman–Crippen LogP) is 3.74. The highest BCUT2D eigenvalue weighted by atomic mass is 19.1. The van der Waals surface area contributed by atoms with E-state index in [0.717, 1.165) is 0 Å². The van der Waals surface area contributed by atoms with Gasteiger partial charge in [0.05, 0.1) is 11.8 Å². The number of halogens is 2. The van der Waals surface area contributed by atoms with Crippen molar-refractivity contribution in [2.75, 3.05) is 5.32 Å². The second-order valence-electron chi connectivity index (χ2n) is 4.89. The largest absolute Gasteiger partial charge is 0.361 e. The van der Waals surface area contributed by atoms with Gasteiger partial charge < -0.3 is 5.32 Å². The van der Waals surface area contributed by atoms with Gasteiger partial charge in [0.15, 0.2) is 5.54 Å². The smallest absolute Gasteiger partial charge is 0.151 e. The molecule has 2 aromatic carbocycles. The summed E-state index contributed by atoms with van der Waals surface area (Å²) in [5, 5.41) is 12.5. The third-order valence-corrected chi connectivity index (χ3v) is 3.74. The molecule has 1 unspecified atom stereocenters. The Bertz CT molecular complexity index is 706. The predicted molar refractivity (Wildman–Crippen MR) is 72.0 cm³/mol. The van der Waals surface area contributed by atoms with Crippen molar-refractivity contribution < 1.29 is 8.78 Å². The number of nitrogens with zero attached hydrogens (tertiary/aromatic N) is 1. The number of nitrogens with one attached hydrogen (secondary N) is 1. The van der Waals surface area contributed by atoms with Gasteiger partial charge in [0, 0.05) is 0 Å². The molecule has 0 bridgehead atoms. The minimum atomic E-state index is -1.07. The lowest BCUT2D eigenvalue weighted by molar-refractivity contribution is 0.592. The number of hydrogen-bond acceptors (Lipinski definition) is 2. The first-order valence-electron chi connectivity index (χ1n) is 6.38. The van der Waals surface area contributed by atoms with Gasteiger partial charge in [0.25, 0.3) is 0 Å². The zero-order valence-electron chi connectivity index (χ0n) is 10.7. The molecule has 0 aliphatic heterocycles. The third-order valence-electron chi connectivity index (χ3n) is 3.74. The van der Waals surface area contributed by atoms with E-state index in [2.05, 4.69) is 11.4 Å². The van der Waals surface area contributed by atoms with Gasteiger partial charge in [-0.25, -0.2) is 8.78 Å². The number of anilines is 1. The van der Waals surface area contributed by atoms with Crippen LogP contribution in [0.25, 0.3) is 0 Å². The normalized spacial score (nSPS) is 20.2. The fourth-order valence-corrected chi connectivity index (χ4v) is 2.73. The van der Waals surface area contributed by atoms with Gasteiger partial charge in [-0.05, 0) is 42.2 Å². The zero-order chi connectivity index (χ0) is 14.2. The molecule has 3 rings (SSSR count). The maximum absolute atomic E-state index is 13.8. The van der Waals surface area contributed by atoms with E-state index in [1.807, 2.05) is 0 Å². The molecule has 2 aromatic rings. The minimum Gasteiger partial charge on any atom is -0.361 e. The number of fused-ring (bicyclic) bond motifs is 1. The average molecular weight is 270 g/mol. The van der Waals surface area contributed by atoms with Crippen molar-refractivity contribution in [2.24, 2.45) is 0 Å². The van der Waals surface area contributed by atoms with Crippen molar-refractivity contribution in [3.05, 3.63) is 65.2 Å². The monoisotopic (exact) mass is 270 g/mol. The number of rotatable bonds is 2. The second kappa shape index (κ2) is 4.61. The Kier molecular flexibility index (Phi) is 2.90. The molecule has 0 radical (unpaired) electrons. The molecule has 0 heterocycles. The molecule has 1 atom stereocenters. The van der Waals surface area contributed by atoms with Crippen molar-refractivity contribution in [1.82, 2.24) is 0 Å². The first kappa shape index (κ1) is 12.6. The van der Waals surface area contributed by atoms with Crippen LogP contribution in [-0.2, 0) is 12.0 Å². The van der Waals surface area contributed by atoms with Gasteiger partial charge in [-0.15, -0.1) is 0 Å². The van der Waals surface area contributed by atoms with Crippen LogP contribution in [0.4, 0.5) is 14.5 Å². The van der Waals surface area contributed by atoms with Gasteiger partial charge >= 0.3 is 0 Å². The van der Waals surface area contributed by atoms with E-state index >= 15 is 0 Å². The van der Waals surface area contributed by atoms with Gasteiger partial charge in [-0.1, -0.05) is 24.3 Å². The maximum atomic E-state index is 13.8. The van der Waals surface area contributed by atoms with E-state index in [4.69, 9.17) is 0 Å². The molecule has 1 aliphatic rings. The topological polar surface area (TPSA) is 35.8 Å². The highest BCUT2D eigenvalue weighted by Gasteiger charge is 2.40. The van der Waals surface area contributed by atoms with Crippen LogP contribution in [0.1, 0.15) is 17.5 Å². The summed E-state index contributed by atoms with van der Waals surface area (Å²) in [5.41, 5.74) is 0.326. The molecule has 4 heteroatoms. The van der Waals surface area contributed by atoms with Gasteiger partial charge in [-0.3, -0.25) is 0 Å². The first-order valence-corrected chi connectivity index (χ1v) is 6.38. The lowest BCUT2D eigenvalue weighted by atomic mass is 9.93. The summed E-state index contributed by atoms with van der Waals surface area (Å²) in [5.74, 6) is -0.734. The molecule has 0 aromatic heterocycles. The Balaban J connectivity index is 2.07. The first-order chi connectivity index (χ1) is 9.66. The lowest BCUT2D eigenvalue weighted by Gasteiger charge is -2.25. The summed E-state index contributed by atoms with van der Waals surface area (Å²) in [6.45, 7) is 0. The van der Waals surface area contributed by atoms with E-state index in [9.17, 15) is 14.0 Å². The van der Waals surface area contributed by atoms with E-state index in [1.54, 1.807) is 30.3 Å². The Morgan fingerprint density at radius 3 is 2.55 bits per heavy atom. The van der Waals surface area contributed by atoms with Crippen LogP contribution < -0.4 is 5.32 Å². The molecule has 1 N–H and O–H groups in total. The lowest BCUT2D eigenvalue weighted by Crippen LogP contribution is -2.31. The average Bonchev–Trinajstić information content (AvgIpc) is 2.83. The van der Waals surface area contributed by atoms with Crippen LogP contribution in [0.3, 0.4) is 0 Å². The van der Waals surface area contributed by atoms with Crippen LogP contribution in [0.15, 0.2) is 42.5 Å². The molecule has 1 aliphatic carbocycles. The van der Waals surface area contributed by atoms with E-state index in [1.165, 1.54) is 12.1 Å². The molecule has 0 amide bonds. The minimum absolute atomic E-state index is 0.256. The Labute approximate surface area is 115 Å². The Hall–Kier alpha value is -2.41. The summed E-state index contributed by atoms with van der Waals surface area (Å²) in [6.07, 6.45) is 0.894. The van der Waals surface area contributed by atoms with E-state index in [-0.39, 0.29) is 11.5 Å². The van der Waals surface area contributed by atoms with Crippen LogP contribution in [-0.4, -0.2) is 0 Å². The maximum Gasteiger partial charge on any atom is 0.151 e. The molecule has 0 saturated heterocycles. The standard InChI is InChI=1S/C16H12F2N2/c17-13-6-3-4-12-11(13)8-9-16(12,10-19)20-15-7-2-1-5-14(15)18/h1-7,20H,8-9H2. The quantitative estimate of drug-likeness (QED) is 0.902. The van der Waals surface area contributed by atoms with Gasteiger partial charge in [-0.2, -0.15) is 5.26 Å². The molecular weight excluding hydrogens is 258 g/mol. The van der Waals surface area contributed by atoms with Crippen LogP contribution in [0, 0.1) is 23.0 Å². The number of para-hydroxylation sites is 1. The molecule has 20 heavy (non-hydrogen) atoms. The molecular formula is C16H12F2N2. The molecule has 2 nitrogen and oxygen atoms in total.